The zero-order valence-corrected chi connectivity index (χ0v) is 11.5. The smallest absolute Gasteiger partial charge is 0.280 e. The van der Waals surface area contributed by atoms with Crippen molar-refractivity contribution in [2.75, 3.05) is 0 Å². The summed E-state index contributed by atoms with van der Waals surface area (Å²) < 4.78 is 1.05. The van der Waals surface area contributed by atoms with Crippen LogP contribution in [0.25, 0.3) is 10.2 Å². The van der Waals surface area contributed by atoms with Gasteiger partial charge in [0.1, 0.15) is 0 Å². The molecule has 0 saturated heterocycles. The third kappa shape index (κ3) is 2.77. The average molecular weight is 275 g/mol. The Bertz CT molecular complexity index is 554. The zero-order valence-electron chi connectivity index (χ0n) is 10.6. The van der Waals surface area contributed by atoms with Gasteiger partial charge in [-0.2, -0.15) is 0 Å². The first-order chi connectivity index (χ1) is 9.22. The highest BCUT2D eigenvalue weighted by atomic mass is 32.1. The lowest BCUT2D eigenvalue weighted by Crippen LogP contribution is -2.40. The van der Waals surface area contributed by atoms with Gasteiger partial charge in [-0.05, 0) is 37.8 Å². The third-order valence-electron chi connectivity index (χ3n) is 3.60. The molecule has 5 heteroatoms. The van der Waals surface area contributed by atoms with Gasteiger partial charge in [-0.1, -0.05) is 12.1 Å². The molecule has 4 nitrogen and oxygen atoms in total. The summed E-state index contributed by atoms with van der Waals surface area (Å²) in [6, 6.07) is 8.37. The summed E-state index contributed by atoms with van der Waals surface area (Å²) in [6.07, 6.45) is 3.92. The van der Waals surface area contributed by atoms with Crippen LogP contribution in [0, 0.1) is 0 Å². The van der Waals surface area contributed by atoms with Crippen LogP contribution in [0.1, 0.15) is 35.5 Å². The van der Waals surface area contributed by atoms with E-state index in [1.807, 2.05) is 24.3 Å². The zero-order chi connectivity index (χ0) is 13.2. The summed E-state index contributed by atoms with van der Waals surface area (Å²) >= 11 is 1.45. The molecule has 19 heavy (non-hydrogen) atoms. The Kier molecular flexibility index (Phi) is 3.48. The minimum Gasteiger partial charge on any atom is -0.347 e. The maximum absolute atomic E-state index is 12.2. The molecule has 100 valence electrons. The molecule has 0 radical (unpaired) electrons. The van der Waals surface area contributed by atoms with Crippen LogP contribution in [0.4, 0.5) is 0 Å². The van der Waals surface area contributed by atoms with Crippen LogP contribution in [0.15, 0.2) is 24.3 Å². The van der Waals surface area contributed by atoms with Crippen LogP contribution in [0.2, 0.25) is 0 Å². The molecule has 2 aromatic rings. The highest BCUT2D eigenvalue weighted by molar-refractivity contribution is 7.20. The Morgan fingerprint density at radius 1 is 1.26 bits per heavy atom. The summed E-state index contributed by atoms with van der Waals surface area (Å²) in [4.78, 5) is 16.5. The fraction of sp³-hybridized carbons (Fsp3) is 0.429. The summed E-state index contributed by atoms with van der Waals surface area (Å²) in [5, 5.41) is 3.62. The van der Waals surface area contributed by atoms with Crippen molar-refractivity contribution in [3.05, 3.63) is 29.3 Å². The molecule has 1 aromatic heterocycles. The number of carbonyl (C=O) groups is 1. The number of carbonyl (C=O) groups excluding carboxylic acids is 1. The highest BCUT2D eigenvalue weighted by Gasteiger charge is 2.21. The summed E-state index contributed by atoms with van der Waals surface area (Å²) in [7, 11) is 0. The van der Waals surface area contributed by atoms with Gasteiger partial charge in [-0.15, -0.1) is 11.3 Å². The average Bonchev–Trinajstić information content (AvgIpc) is 2.85. The van der Waals surface area contributed by atoms with Gasteiger partial charge in [0, 0.05) is 12.1 Å². The van der Waals surface area contributed by atoms with Crippen LogP contribution in [0.3, 0.4) is 0 Å². The number of para-hydroxylation sites is 1. The van der Waals surface area contributed by atoms with Crippen molar-refractivity contribution in [2.45, 2.75) is 37.8 Å². The quantitative estimate of drug-likeness (QED) is 0.883. The van der Waals surface area contributed by atoms with Crippen molar-refractivity contribution in [3.8, 4) is 0 Å². The summed E-state index contributed by atoms with van der Waals surface area (Å²) in [6.45, 7) is 0. The van der Waals surface area contributed by atoms with E-state index in [0.717, 1.165) is 35.9 Å². The second-order valence-corrected chi connectivity index (χ2v) is 6.10. The molecule has 1 aliphatic rings. The van der Waals surface area contributed by atoms with Crippen molar-refractivity contribution >= 4 is 27.5 Å². The molecule has 0 bridgehead atoms. The highest BCUT2D eigenvalue weighted by Crippen LogP contribution is 2.22. The minimum atomic E-state index is -0.0540. The predicted octanol–water partition coefficient (Wildman–Crippen LogP) is 2.30. The van der Waals surface area contributed by atoms with Gasteiger partial charge < -0.3 is 11.1 Å². The van der Waals surface area contributed by atoms with Crippen LogP contribution in [-0.2, 0) is 0 Å². The van der Waals surface area contributed by atoms with E-state index in [-0.39, 0.29) is 11.9 Å². The van der Waals surface area contributed by atoms with E-state index in [9.17, 15) is 4.79 Å². The maximum atomic E-state index is 12.2. The number of nitrogens with two attached hydrogens (primary N) is 1. The molecule has 1 aliphatic carbocycles. The van der Waals surface area contributed by atoms with Gasteiger partial charge in [0.2, 0.25) is 0 Å². The first-order valence-corrected chi connectivity index (χ1v) is 7.46. The number of benzene rings is 1. The van der Waals surface area contributed by atoms with Crippen molar-refractivity contribution in [1.82, 2.24) is 10.3 Å². The largest absolute Gasteiger partial charge is 0.347 e. The number of aromatic nitrogens is 1. The number of hydrogen-bond acceptors (Lipinski definition) is 4. The molecule has 3 N–H and O–H groups in total. The van der Waals surface area contributed by atoms with Gasteiger partial charge in [-0.25, -0.2) is 4.98 Å². The topological polar surface area (TPSA) is 68.0 Å². The second-order valence-electron chi connectivity index (χ2n) is 5.07. The van der Waals surface area contributed by atoms with Crippen molar-refractivity contribution in [1.29, 1.82) is 0 Å². The Morgan fingerprint density at radius 2 is 2.00 bits per heavy atom. The van der Waals surface area contributed by atoms with E-state index in [0.29, 0.717) is 11.0 Å². The fourth-order valence-corrected chi connectivity index (χ4v) is 3.35. The number of nitrogens with zero attached hydrogens (tertiary/aromatic N) is 1. The van der Waals surface area contributed by atoms with E-state index < -0.39 is 0 Å². The molecule has 0 atom stereocenters. The Labute approximate surface area is 116 Å². The normalized spacial score (nSPS) is 23.4. The van der Waals surface area contributed by atoms with Crippen molar-refractivity contribution < 1.29 is 4.79 Å². The van der Waals surface area contributed by atoms with Crippen LogP contribution in [-0.4, -0.2) is 23.0 Å². The fourth-order valence-electron chi connectivity index (χ4n) is 2.48. The molecule has 1 aromatic carbocycles. The summed E-state index contributed by atoms with van der Waals surface area (Å²) in [5.74, 6) is -0.0540. The lowest BCUT2D eigenvalue weighted by atomic mass is 9.92. The standard InChI is InChI=1S/C14H17N3OS/c15-9-5-7-10(8-6-9)16-13(18)14-17-11-3-1-2-4-12(11)19-14/h1-4,9-10H,5-8,15H2,(H,16,18)/t9-,10-. The van der Waals surface area contributed by atoms with Gasteiger partial charge in [0.25, 0.3) is 5.91 Å². The number of rotatable bonds is 2. The Balaban J connectivity index is 1.70. The molecule has 0 unspecified atom stereocenters. The lowest BCUT2D eigenvalue weighted by Gasteiger charge is -2.26. The maximum Gasteiger partial charge on any atom is 0.280 e. The first kappa shape index (κ1) is 12.6. The minimum absolute atomic E-state index is 0.0540. The van der Waals surface area contributed by atoms with Gasteiger partial charge in [0.05, 0.1) is 10.2 Å². The number of nitrogens with one attached hydrogen (secondary N) is 1. The molecule has 1 fully saturated rings. The molecule has 0 aliphatic heterocycles. The number of fused-ring (bicyclic) bond motifs is 1. The SMILES string of the molecule is N[C@H]1CC[C@H](NC(=O)c2nc3ccccc3s2)CC1. The van der Waals surface area contributed by atoms with Gasteiger partial charge in [-0.3, -0.25) is 4.79 Å². The molecule has 1 saturated carbocycles. The third-order valence-corrected chi connectivity index (χ3v) is 4.63. The second kappa shape index (κ2) is 5.27. The first-order valence-electron chi connectivity index (χ1n) is 6.64. The Morgan fingerprint density at radius 3 is 2.74 bits per heavy atom. The van der Waals surface area contributed by atoms with Gasteiger partial charge >= 0.3 is 0 Å². The molecular weight excluding hydrogens is 258 g/mol. The van der Waals surface area contributed by atoms with E-state index in [2.05, 4.69) is 10.3 Å². The van der Waals surface area contributed by atoms with Crippen LogP contribution >= 0.6 is 11.3 Å². The van der Waals surface area contributed by atoms with E-state index in [1.54, 1.807) is 0 Å². The van der Waals surface area contributed by atoms with Crippen molar-refractivity contribution in [2.24, 2.45) is 5.73 Å². The molecule has 3 rings (SSSR count). The summed E-state index contributed by atoms with van der Waals surface area (Å²) in [5.41, 5.74) is 6.76. The number of thiazole rings is 1. The Hall–Kier alpha value is -1.46. The molecule has 0 spiro atoms. The van der Waals surface area contributed by atoms with E-state index in [4.69, 9.17) is 5.73 Å². The molecule has 1 amide bonds. The monoisotopic (exact) mass is 275 g/mol. The number of hydrogen-bond donors (Lipinski definition) is 2. The molecular formula is C14H17N3OS. The lowest BCUT2D eigenvalue weighted by molar-refractivity contribution is 0.0925. The molecule has 1 heterocycles. The van der Waals surface area contributed by atoms with Crippen molar-refractivity contribution in [3.63, 3.8) is 0 Å². The predicted molar refractivity (Wildman–Crippen MR) is 77.3 cm³/mol. The van der Waals surface area contributed by atoms with E-state index in [1.165, 1.54) is 11.3 Å². The van der Waals surface area contributed by atoms with Crippen LogP contribution < -0.4 is 11.1 Å². The van der Waals surface area contributed by atoms with Crippen LogP contribution in [0.5, 0.6) is 0 Å². The van der Waals surface area contributed by atoms with E-state index >= 15 is 0 Å². The number of amides is 1. The van der Waals surface area contributed by atoms with Gasteiger partial charge in [0.15, 0.2) is 5.01 Å².